The van der Waals surface area contributed by atoms with Crippen LogP contribution >= 0.6 is 0 Å². The van der Waals surface area contributed by atoms with Crippen LogP contribution in [-0.4, -0.2) is 82.7 Å². The highest BCUT2D eigenvalue weighted by Crippen LogP contribution is 2.26. The first-order valence-electron chi connectivity index (χ1n) is 19.5. The molecule has 1 saturated heterocycles. The van der Waals surface area contributed by atoms with Crippen LogP contribution in [0.3, 0.4) is 0 Å². The molecule has 1 heterocycles. The largest absolute Gasteiger partial charge is 0.449 e. The van der Waals surface area contributed by atoms with E-state index in [-0.39, 0.29) is 19.8 Å². The van der Waals surface area contributed by atoms with Crippen LogP contribution in [0.25, 0.3) is 0 Å². The van der Waals surface area contributed by atoms with E-state index in [1.165, 1.54) is 88.4 Å². The van der Waals surface area contributed by atoms with E-state index in [0.29, 0.717) is 6.42 Å². The van der Waals surface area contributed by atoms with Crippen LogP contribution in [0.1, 0.15) is 148 Å². The van der Waals surface area contributed by atoms with Gasteiger partial charge < -0.3 is 34.8 Å². The van der Waals surface area contributed by atoms with Gasteiger partial charge in [0, 0.05) is 6.54 Å². The van der Waals surface area contributed by atoms with Gasteiger partial charge in [0.25, 0.3) is 0 Å². The lowest BCUT2D eigenvalue weighted by atomic mass is 9.95. The molecule has 282 valence electrons. The summed E-state index contributed by atoms with van der Waals surface area (Å²) < 4.78 is 17.1. The summed E-state index contributed by atoms with van der Waals surface area (Å²) in [7, 11) is 0. The number of hydrogen-bond donors (Lipinski definition) is 4. The Bertz CT molecular complexity index is 968. The predicted molar refractivity (Wildman–Crippen MR) is 193 cm³/mol. The van der Waals surface area contributed by atoms with Gasteiger partial charge in [-0.3, -0.25) is 4.90 Å². The van der Waals surface area contributed by atoms with E-state index in [4.69, 9.17) is 14.2 Å². The van der Waals surface area contributed by atoms with Gasteiger partial charge in [-0.15, -0.1) is 0 Å². The van der Waals surface area contributed by atoms with Crippen LogP contribution in [0.15, 0.2) is 30.3 Å². The normalized spacial score (nSPS) is 20.6. The van der Waals surface area contributed by atoms with Gasteiger partial charge in [0.05, 0.1) is 13.2 Å². The minimum Gasteiger partial charge on any atom is -0.449 e. The molecule has 10 nitrogen and oxygen atoms in total. The molecule has 0 saturated carbocycles. The van der Waals surface area contributed by atoms with Crippen molar-refractivity contribution in [1.29, 1.82) is 0 Å². The summed E-state index contributed by atoms with van der Waals surface area (Å²) in [6.07, 6.45) is 16.2. The fraction of sp³-hybridized carbons (Fsp3) is 0.795. The first-order chi connectivity index (χ1) is 23.9. The third-order valence-electron chi connectivity index (χ3n) is 9.42. The fourth-order valence-corrected chi connectivity index (χ4v) is 6.35. The Balaban J connectivity index is 1.99. The maximum absolute atomic E-state index is 13.6. The molecule has 2 rings (SSSR count). The molecule has 1 fully saturated rings. The summed E-state index contributed by atoms with van der Waals surface area (Å²) in [5.41, 5.74) is 0.785. The van der Waals surface area contributed by atoms with Gasteiger partial charge in [0.2, 0.25) is 0 Å². The zero-order valence-corrected chi connectivity index (χ0v) is 30.6. The van der Waals surface area contributed by atoms with Crippen molar-refractivity contribution < 1.29 is 39.1 Å². The molecule has 1 aromatic rings. The average Bonchev–Trinajstić information content (AvgIpc) is 3.11. The fourth-order valence-electron chi connectivity index (χ4n) is 6.35. The third kappa shape index (κ3) is 17.9. The number of benzene rings is 1. The molecule has 0 unspecified atom stereocenters. The highest BCUT2D eigenvalue weighted by atomic mass is 16.6. The number of nitrogens with one attached hydrogen (secondary N) is 1. The van der Waals surface area contributed by atoms with Crippen molar-refractivity contribution in [2.45, 2.75) is 179 Å². The molecule has 10 heteroatoms. The molecule has 0 spiro atoms. The molecule has 1 aliphatic rings. The Morgan fingerprint density at radius 3 is 1.76 bits per heavy atom. The summed E-state index contributed by atoms with van der Waals surface area (Å²) in [5.74, 6) is 0. The van der Waals surface area contributed by atoms with E-state index in [1.807, 2.05) is 30.3 Å². The number of carbonyl (C=O) groups excluding carboxylic acids is 2. The molecule has 1 aromatic carbocycles. The number of nitrogens with zero attached hydrogens (tertiary/aromatic N) is 1. The van der Waals surface area contributed by atoms with Crippen molar-refractivity contribution in [2.75, 3.05) is 19.8 Å². The standard InChI is InChI=1S/C39H68N2O8/c1-3-5-7-9-11-13-15-17-19-24-28-41(39(46)47-29-25-20-18-16-14-12-10-8-6-4-2)37-34(36(44)35(43)33(30-42)49-37)40-38(45)48-31-32-26-22-21-23-27-32/h21-23,26-27,33-37,42-44H,3-20,24-25,28-31H2,1-2H3,(H,40,45)/t33-,34-,35+,36-,37-/m1/s1. The monoisotopic (exact) mass is 692 g/mol. The zero-order chi connectivity index (χ0) is 35.5. The molecular formula is C39H68N2O8. The topological polar surface area (TPSA) is 138 Å². The Morgan fingerprint density at radius 2 is 1.22 bits per heavy atom. The molecule has 0 aliphatic carbocycles. The van der Waals surface area contributed by atoms with Crippen LogP contribution < -0.4 is 5.32 Å². The number of ether oxygens (including phenoxy) is 3. The lowest BCUT2D eigenvalue weighted by Gasteiger charge is -2.46. The number of carbonyl (C=O) groups is 2. The molecule has 0 bridgehead atoms. The SMILES string of the molecule is CCCCCCCCCCCCOC(=O)N(CCCCCCCCCCCC)[C@@H]1O[C@H](CO)[C@H](O)[C@H](O)[C@H]1NC(=O)OCc1ccccc1. The van der Waals surface area contributed by atoms with Crippen LogP contribution in [0.2, 0.25) is 0 Å². The number of rotatable bonds is 27. The Hall–Kier alpha value is -2.40. The molecule has 5 atom stereocenters. The number of aliphatic hydroxyl groups excluding tert-OH is 3. The molecular weight excluding hydrogens is 624 g/mol. The van der Waals surface area contributed by atoms with Crippen LogP contribution in [0.4, 0.5) is 9.59 Å². The first-order valence-corrected chi connectivity index (χ1v) is 19.5. The summed E-state index contributed by atoms with van der Waals surface area (Å²) in [6, 6.07) is 7.97. The number of aliphatic hydroxyl groups is 3. The molecule has 0 aromatic heterocycles. The van der Waals surface area contributed by atoms with Gasteiger partial charge in [-0.1, -0.05) is 160 Å². The molecule has 49 heavy (non-hydrogen) atoms. The Kier molecular flexibility index (Phi) is 23.9. The maximum atomic E-state index is 13.6. The van der Waals surface area contributed by atoms with Crippen molar-refractivity contribution in [3.8, 4) is 0 Å². The number of alkyl carbamates (subject to hydrolysis) is 1. The van der Waals surface area contributed by atoms with Crippen molar-refractivity contribution in [2.24, 2.45) is 0 Å². The molecule has 0 radical (unpaired) electrons. The second kappa shape index (κ2) is 27.3. The van der Waals surface area contributed by atoms with Gasteiger partial charge in [0.15, 0.2) is 6.23 Å². The van der Waals surface area contributed by atoms with Crippen LogP contribution in [0, 0.1) is 0 Å². The number of hydrogen-bond acceptors (Lipinski definition) is 8. The van der Waals surface area contributed by atoms with E-state index < -0.39 is 49.4 Å². The highest BCUT2D eigenvalue weighted by Gasteiger charge is 2.48. The lowest BCUT2D eigenvalue weighted by molar-refractivity contribution is -0.225. The minimum atomic E-state index is -1.52. The van der Waals surface area contributed by atoms with Crippen molar-refractivity contribution in [1.82, 2.24) is 10.2 Å². The van der Waals surface area contributed by atoms with E-state index in [0.717, 1.165) is 44.1 Å². The smallest absolute Gasteiger partial charge is 0.411 e. The first kappa shape index (κ1) is 42.8. The predicted octanol–water partition coefficient (Wildman–Crippen LogP) is 8.00. The number of unbranched alkanes of at least 4 members (excludes halogenated alkanes) is 18. The van der Waals surface area contributed by atoms with Gasteiger partial charge >= 0.3 is 12.2 Å². The average molecular weight is 693 g/mol. The van der Waals surface area contributed by atoms with E-state index in [1.54, 1.807) is 0 Å². The maximum Gasteiger partial charge on any atom is 0.411 e. The Labute approximate surface area is 296 Å². The quantitative estimate of drug-likeness (QED) is 0.0681. The Morgan fingerprint density at radius 1 is 0.714 bits per heavy atom. The van der Waals surface area contributed by atoms with Gasteiger partial charge in [0.1, 0.15) is 31.0 Å². The summed E-state index contributed by atoms with van der Waals surface area (Å²) in [4.78, 5) is 27.9. The lowest BCUT2D eigenvalue weighted by Crippen LogP contribution is -2.69. The van der Waals surface area contributed by atoms with Crippen molar-refractivity contribution >= 4 is 12.2 Å². The van der Waals surface area contributed by atoms with Crippen molar-refractivity contribution in [3.05, 3.63) is 35.9 Å². The molecule has 1 aliphatic heterocycles. The van der Waals surface area contributed by atoms with E-state index >= 15 is 0 Å². The van der Waals surface area contributed by atoms with Gasteiger partial charge in [-0.25, -0.2) is 9.59 Å². The second-order valence-corrected chi connectivity index (χ2v) is 13.6. The van der Waals surface area contributed by atoms with Crippen LogP contribution in [-0.2, 0) is 20.8 Å². The number of amides is 2. The molecule has 2 amide bonds. The second-order valence-electron chi connectivity index (χ2n) is 13.6. The van der Waals surface area contributed by atoms with Crippen molar-refractivity contribution in [3.63, 3.8) is 0 Å². The highest BCUT2D eigenvalue weighted by molar-refractivity contribution is 5.69. The van der Waals surface area contributed by atoms with Crippen LogP contribution in [0.5, 0.6) is 0 Å². The minimum absolute atomic E-state index is 0.00600. The molecule has 4 N–H and O–H groups in total. The third-order valence-corrected chi connectivity index (χ3v) is 9.42. The van der Waals surface area contributed by atoms with E-state index in [2.05, 4.69) is 19.2 Å². The zero-order valence-electron chi connectivity index (χ0n) is 30.6. The van der Waals surface area contributed by atoms with Gasteiger partial charge in [-0.05, 0) is 18.4 Å². The summed E-state index contributed by atoms with van der Waals surface area (Å²) >= 11 is 0. The van der Waals surface area contributed by atoms with E-state index in [9.17, 15) is 24.9 Å². The summed E-state index contributed by atoms with van der Waals surface area (Å²) in [5, 5.41) is 34.3. The van der Waals surface area contributed by atoms with Gasteiger partial charge in [-0.2, -0.15) is 0 Å². The summed E-state index contributed by atoms with van der Waals surface area (Å²) in [6.45, 7) is 4.41.